The zero-order chi connectivity index (χ0) is 13.8. The molecule has 0 N–H and O–H groups in total. The number of aryl methyl sites for hydroxylation is 2. The summed E-state index contributed by atoms with van der Waals surface area (Å²) >= 11 is 3.58. The standard InChI is InChI=1S/C14H21BrN2O2/c1-3-12-14(15)13(17(4-2)16-12)9-10(18)8-11-6-5-7-19-11/h11H,3-9H2,1-2H3. The molecule has 1 aromatic heterocycles. The number of ketones is 1. The fraction of sp³-hybridized carbons (Fsp3) is 0.714. The first-order chi connectivity index (χ1) is 9.15. The first-order valence-corrected chi connectivity index (χ1v) is 7.82. The van der Waals surface area contributed by atoms with E-state index in [0.29, 0.717) is 12.8 Å². The highest BCUT2D eigenvalue weighted by molar-refractivity contribution is 9.10. The van der Waals surface area contributed by atoms with Crippen LogP contribution in [0.25, 0.3) is 0 Å². The number of carbonyl (C=O) groups excluding carboxylic acids is 1. The third-order valence-electron chi connectivity index (χ3n) is 3.54. The second kappa shape index (κ2) is 6.66. The van der Waals surface area contributed by atoms with Gasteiger partial charge in [-0.05, 0) is 42.1 Å². The van der Waals surface area contributed by atoms with E-state index in [1.807, 2.05) is 11.6 Å². The highest BCUT2D eigenvalue weighted by Gasteiger charge is 2.22. The predicted molar refractivity (Wildman–Crippen MR) is 77.3 cm³/mol. The number of hydrogen-bond acceptors (Lipinski definition) is 3. The predicted octanol–water partition coefficient (Wildman–Crippen LogP) is 2.91. The Balaban J connectivity index is 2.04. The molecule has 1 unspecified atom stereocenters. The molecule has 0 radical (unpaired) electrons. The molecule has 1 fully saturated rings. The molecule has 1 saturated heterocycles. The Bertz CT molecular complexity index is 451. The second-order valence-corrected chi connectivity index (χ2v) is 5.72. The summed E-state index contributed by atoms with van der Waals surface area (Å²) in [5.41, 5.74) is 2.03. The first kappa shape index (κ1) is 14.7. The number of nitrogens with zero attached hydrogens (tertiary/aromatic N) is 2. The van der Waals surface area contributed by atoms with Crippen LogP contribution in [0.15, 0.2) is 4.47 Å². The van der Waals surface area contributed by atoms with Gasteiger partial charge in [0.1, 0.15) is 5.78 Å². The Morgan fingerprint density at radius 3 is 2.89 bits per heavy atom. The molecule has 0 aliphatic carbocycles. The van der Waals surface area contributed by atoms with Crippen molar-refractivity contribution in [2.75, 3.05) is 6.61 Å². The highest BCUT2D eigenvalue weighted by Crippen LogP contribution is 2.24. The zero-order valence-corrected chi connectivity index (χ0v) is 13.2. The molecule has 1 aliphatic rings. The number of rotatable bonds is 6. The van der Waals surface area contributed by atoms with E-state index in [1.165, 1.54) is 0 Å². The van der Waals surface area contributed by atoms with E-state index in [0.717, 1.165) is 48.3 Å². The summed E-state index contributed by atoms with van der Waals surface area (Å²) in [6.45, 7) is 5.72. The summed E-state index contributed by atoms with van der Waals surface area (Å²) < 4.78 is 8.44. The lowest BCUT2D eigenvalue weighted by Gasteiger charge is -2.09. The zero-order valence-electron chi connectivity index (χ0n) is 11.6. The van der Waals surface area contributed by atoms with Gasteiger partial charge in [0.15, 0.2) is 0 Å². The van der Waals surface area contributed by atoms with Crippen LogP contribution in [0.1, 0.15) is 44.5 Å². The number of carbonyl (C=O) groups is 1. The van der Waals surface area contributed by atoms with E-state index >= 15 is 0 Å². The van der Waals surface area contributed by atoms with Crippen LogP contribution in [0.2, 0.25) is 0 Å². The molecule has 1 atom stereocenters. The van der Waals surface area contributed by atoms with Crippen molar-refractivity contribution in [3.63, 3.8) is 0 Å². The molecule has 0 bridgehead atoms. The molecule has 0 saturated carbocycles. The number of Topliss-reactive ketones (excluding diaryl/α,β-unsaturated/α-hetero) is 1. The van der Waals surface area contributed by atoms with Crippen molar-refractivity contribution in [2.24, 2.45) is 0 Å². The van der Waals surface area contributed by atoms with Gasteiger partial charge in [-0.25, -0.2) is 0 Å². The maximum atomic E-state index is 12.1. The van der Waals surface area contributed by atoms with Crippen molar-refractivity contribution in [2.45, 2.75) is 58.6 Å². The van der Waals surface area contributed by atoms with Gasteiger partial charge in [0.25, 0.3) is 0 Å². The lowest BCUT2D eigenvalue weighted by atomic mass is 10.1. The summed E-state index contributed by atoms with van der Waals surface area (Å²) in [6, 6.07) is 0. The van der Waals surface area contributed by atoms with Crippen LogP contribution in [-0.2, 0) is 28.9 Å². The monoisotopic (exact) mass is 328 g/mol. The lowest BCUT2D eigenvalue weighted by Crippen LogP contribution is -2.16. The number of halogens is 1. The normalized spacial score (nSPS) is 19.0. The summed E-state index contributed by atoms with van der Waals surface area (Å²) in [7, 11) is 0. The maximum absolute atomic E-state index is 12.1. The van der Waals surface area contributed by atoms with Crippen LogP contribution in [0, 0.1) is 0 Å². The van der Waals surface area contributed by atoms with Gasteiger partial charge in [-0.3, -0.25) is 9.48 Å². The fourth-order valence-electron chi connectivity index (χ4n) is 2.50. The van der Waals surface area contributed by atoms with E-state index in [4.69, 9.17) is 4.74 Å². The Morgan fingerprint density at radius 1 is 1.53 bits per heavy atom. The number of aromatic nitrogens is 2. The van der Waals surface area contributed by atoms with Gasteiger partial charge in [-0.1, -0.05) is 6.92 Å². The molecular weight excluding hydrogens is 308 g/mol. The van der Waals surface area contributed by atoms with Gasteiger partial charge in [0.2, 0.25) is 0 Å². The van der Waals surface area contributed by atoms with Gasteiger partial charge in [0.05, 0.1) is 22.0 Å². The van der Waals surface area contributed by atoms with Crippen molar-refractivity contribution in [3.05, 3.63) is 15.9 Å². The molecule has 106 valence electrons. The van der Waals surface area contributed by atoms with Crippen molar-refractivity contribution >= 4 is 21.7 Å². The molecule has 2 heterocycles. The van der Waals surface area contributed by atoms with Crippen molar-refractivity contribution in [3.8, 4) is 0 Å². The molecule has 1 aliphatic heterocycles. The smallest absolute Gasteiger partial charge is 0.141 e. The van der Waals surface area contributed by atoms with Crippen LogP contribution in [0.4, 0.5) is 0 Å². The van der Waals surface area contributed by atoms with Crippen molar-refractivity contribution in [1.29, 1.82) is 0 Å². The topological polar surface area (TPSA) is 44.1 Å². The van der Waals surface area contributed by atoms with Crippen LogP contribution in [-0.4, -0.2) is 28.3 Å². The molecule has 0 amide bonds. The Morgan fingerprint density at radius 2 is 2.32 bits per heavy atom. The van der Waals surface area contributed by atoms with Crippen molar-refractivity contribution in [1.82, 2.24) is 9.78 Å². The van der Waals surface area contributed by atoms with Gasteiger partial charge in [0, 0.05) is 26.0 Å². The van der Waals surface area contributed by atoms with E-state index in [2.05, 4.69) is 28.0 Å². The third kappa shape index (κ3) is 3.45. The average Bonchev–Trinajstić information content (AvgIpc) is 2.99. The molecule has 0 spiro atoms. The van der Waals surface area contributed by atoms with E-state index in [-0.39, 0.29) is 11.9 Å². The molecule has 1 aromatic rings. The summed E-state index contributed by atoms with van der Waals surface area (Å²) in [5.74, 6) is 0.241. The van der Waals surface area contributed by atoms with E-state index in [1.54, 1.807) is 0 Å². The summed E-state index contributed by atoms with van der Waals surface area (Å²) in [6.07, 6.45) is 4.08. The minimum Gasteiger partial charge on any atom is -0.378 e. The lowest BCUT2D eigenvalue weighted by molar-refractivity contribution is -0.120. The van der Waals surface area contributed by atoms with E-state index in [9.17, 15) is 4.79 Å². The molecule has 0 aromatic carbocycles. The summed E-state index contributed by atoms with van der Waals surface area (Å²) in [4.78, 5) is 12.1. The molecule has 2 rings (SSSR count). The minimum absolute atomic E-state index is 0.134. The van der Waals surface area contributed by atoms with Gasteiger partial charge >= 0.3 is 0 Å². The SMILES string of the molecule is CCc1nn(CC)c(CC(=O)CC2CCCO2)c1Br. The first-order valence-electron chi connectivity index (χ1n) is 7.03. The van der Waals surface area contributed by atoms with Gasteiger partial charge in [-0.2, -0.15) is 5.10 Å². The van der Waals surface area contributed by atoms with Crippen LogP contribution >= 0.6 is 15.9 Å². The molecule has 4 nitrogen and oxygen atoms in total. The van der Waals surface area contributed by atoms with E-state index < -0.39 is 0 Å². The molecule has 5 heteroatoms. The Labute approximate surface area is 122 Å². The average molecular weight is 329 g/mol. The fourth-order valence-corrected chi connectivity index (χ4v) is 3.21. The van der Waals surface area contributed by atoms with Crippen LogP contribution in [0.5, 0.6) is 0 Å². The van der Waals surface area contributed by atoms with Gasteiger partial charge < -0.3 is 4.74 Å². The summed E-state index contributed by atoms with van der Waals surface area (Å²) in [5, 5.41) is 4.52. The second-order valence-electron chi connectivity index (χ2n) is 4.93. The largest absolute Gasteiger partial charge is 0.378 e. The number of ether oxygens (including phenoxy) is 1. The van der Waals surface area contributed by atoms with Crippen molar-refractivity contribution < 1.29 is 9.53 Å². The Hall–Kier alpha value is -0.680. The van der Waals surface area contributed by atoms with Crippen LogP contribution in [0.3, 0.4) is 0 Å². The quantitative estimate of drug-likeness (QED) is 0.806. The number of hydrogen-bond donors (Lipinski definition) is 0. The third-order valence-corrected chi connectivity index (χ3v) is 4.45. The van der Waals surface area contributed by atoms with Crippen LogP contribution < -0.4 is 0 Å². The molecule has 19 heavy (non-hydrogen) atoms. The maximum Gasteiger partial charge on any atom is 0.141 e. The minimum atomic E-state index is 0.134. The highest BCUT2D eigenvalue weighted by atomic mass is 79.9. The Kier molecular flexibility index (Phi) is 5.16. The van der Waals surface area contributed by atoms with Gasteiger partial charge in [-0.15, -0.1) is 0 Å². The molecular formula is C14H21BrN2O2.